The number of benzene rings is 1. The molecule has 1 aromatic heterocycles. The number of H-pyrrole nitrogens is 1. The van der Waals surface area contributed by atoms with E-state index in [1.165, 1.54) is 10.9 Å². The van der Waals surface area contributed by atoms with Crippen molar-refractivity contribution in [1.82, 2.24) is 4.98 Å². The second-order valence-electron chi connectivity index (χ2n) is 5.28. The lowest BCUT2D eigenvalue weighted by atomic mass is 9.83. The zero-order chi connectivity index (χ0) is 11.9. The third-order valence-electron chi connectivity index (χ3n) is 2.94. The molecule has 0 radical (unpaired) electrons. The maximum Gasteiger partial charge on any atom is 0.0458 e. The Kier molecular flexibility index (Phi) is 4.28. The summed E-state index contributed by atoms with van der Waals surface area (Å²) in [5, 5.41) is 1.21. The highest BCUT2D eigenvalue weighted by Crippen LogP contribution is 2.35. The van der Waals surface area contributed by atoms with Crippen LogP contribution in [0.3, 0.4) is 0 Å². The van der Waals surface area contributed by atoms with Crippen LogP contribution in [-0.2, 0) is 0 Å². The van der Waals surface area contributed by atoms with E-state index >= 15 is 0 Å². The second kappa shape index (κ2) is 5.01. The van der Waals surface area contributed by atoms with E-state index in [1.807, 2.05) is 12.3 Å². The number of hydrogen-bond acceptors (Lipinski definition) is 1. The Bertz CT molecular complexity index is 514. The number of rotatable bonds is 1. The lowest BCUT2D eigenvalue weighted by Crippen LogP contribution is -2.25. The van der Waals surface area contributed by atoms with Gasteiger partial charge in [0.25, 0.3) is 0 Å². The van der Waals surface area contributed by atoms with Gasteiger partial charge in [0.05, 0.1) is 0 Å². The van der Waals surface area contributed by atoms with Crippen molar-refractivity contribution < 1.29 is 0 Å². The first kappa shape index (κ1) is 14.6. The van der Waals surface area contributed by atoms with Crippen molar-refractivity contribution in [3.05, 3.63) is 34.4 Å². The minimum Gasteiger partial charge on any atom is -0.361 e. The molecule has 0 aliphatic rings. The van der Waals surface area contributed by atoms with Gasteiger partial charge in [-0.2, -0.15) is 0 Å². The van der Waals surface area contributed by atoms with E-state index in [0.29, 0.717) is 0 Å². The Labute approximate surface area is 117 Å². The summed E-state index contributed by atoms with van der Waals surface area (Å²) in [6.45, 7) is 6.48. The van der Waals surface area contributed by atoms with Crippen LogP contribution in [-0.4, -0.2) is 4.98 Å². The third kappa shape index (κ3) is 2.84. The normalized spacial score (nSPS) is 13.5. The van der Waals surface area contributed by atoms with E-state index < -0.39 is 0 Å². The quantitative estimate of drug-likeness (QED) is 0.804. The molecule has 0 unspecified atom stereocenters. The lowest BCUT2D eigenvalue weighted by molar-refractivity contribution is 0.328. The molecule has 2 aromatic rings. The van der Waals surface area contributed by atoms with Crippen LogP contribution in [0.25, 0.3) is 10.9 Å². The van der Waals surface area contributed by atoms with Crippen LogP contribution in [0.15, 0.2) is 28.9 Å². The van der Waals surface area contributed by atoms with Crippen LogP contribution in [0.4, 0.5) is 0 Å². The molecule has 0 aliphatic heterocycles. The van der Waals surface area contributed by atoms with Crippen molar-refractivity contribution in [2.24, 2.45) is 11.1 Å². The van der Waals surface area contributed by atoms with Crippen molar-refractivity contribution in [1.29, 1.82) is 0 Å². The van der Waals surface area contributed by atoms with Gasteiger partial charge < -0.3 is 10.7 Å². The zero-order valence-corrected chi connectivity index (χ0v) is 12.7. The standard InChI is InChI=1S/C13H17BrN2.ClH/c1-13(2,3)12(15)10-7-16-11-5-4-8(14)6-9(10)11;/h4-7,12,16H,15H2,1-3H3;1H/t12-;/m1./s1. The van der Waals surface area contributed by atoms with Crippen LogP contribution in [0.2, 0.25) is 0 Å². The van der Waals surface area contributed by atoms with E-state index in [2.05, 4.69) is 53.8 Å². The molecule has 0 fully saturated rings. The molecule has 0 aliphatic carbocycles. The Morgan fingerprint density at radius 2 is 1.94 bits per heavy atom. The number of nitrogens with one attached hydrogen (secondary N) is 1. The van der Waals surface area contributed by atoms with Gasteiger partial charge in [-0.25, -0.2) is 0 Å². The summed E-state index contributed by atoms with van der Waals surface area (Å²) in [5.74, 6) is 0. The number of fused-ring (bicyclic) bond motifs is 1. The molecule has 0 spiro atoms. The summed E-state index contributed by atoms with van der Waals surface area (Å²) >= 11 is 3.50. The van der Waals surface area contributed by atoms with E-state index in [1.54, 1.807) is 0 Å². The summed E-state index contributed by atoms with van der Waals surface area (Å²) in [7, 11) is 0. The minimum absolute atomic E-state index is 0. The average Bonchev–Trinajstić information content (AvgIpc) is 2.57. The fourth-order valence-corrected chi connectivity index (χ4v) is 2.20. The second-order valence-corrected chi connectivity index (χ2v) is 6.19. The van der Waals surface area contributed by atoms with E-state index in [4.69, 9.17) is 5.73 Å². The predicted octanol–water partition coefficient (Wildman–Crippen LogP) is 4.40. The molecule has 1 heterocycles. The van der Waals surface area contributed by atoms with Gasteiger partial charge in [0.2, 0.25) is 0 Å². The molecule has 1 atom stereocenters. The van der Waals surface area contributed by atoms with Crippen molar-refractivity contribution in [3.63, 3.8) is 0 Å². The topological polar surface area (TPSA) is 41.8 Å². The summed E-state index contributed by atoms with van der Waals surface area (Å²) in [4.78, 5) is 3.27. The zero-order valence-electron chi connectivity index (χ0n) is 10.3. The number of aromatic nitrogens is 1. The highest BCUT2D eigenvalue weighted by molar-refractivity contribution is 9.10. The van der Waals surface area contributed by atoms with Crippen LogP contribution in [0, 0.1) is 5.41 Å². The highest BCUT2D eigenvalue weighted by Gasteiger charge is 2.24. The molecule has 3 N–H and O–H groups in total. The Morgan fingerprint density at radius 1 is 1.29 bits per heavy atom. The first-order chi connectivity index (χ1) is 7.39. The van der Waals surface area contributed by atoms with Gasteiger partial charge in [-0.3, -0.25) is 0 Å². The Morgan fingerprint density at radius 3 is 2.53 bits per heavy atom. The molecule has 17 heavy (non-hydrogen) atoms. The van der Waals surface area contributed by atoms with Gasteiger partial charge in [0.1, 0.15) is 0 Å². The Hall–Kier alpha value is -0.510. The Balaban J connectivity index is 0.00000144. The molecule has 0 amide bonds. The van der Waals surface area contributed by atoms with Crippen LogP contribution >= 0.6 is 28.3 Å². The highest BCUT2D eigenvalue weighted by atomic mass is 79.9. The summed E-state index contributed by atoms with van der Waals surface area (Å²) in [6.07, 6.45) is 2.02. The predicted molar refractivity (Wildman–Crippen MR) is 79.6 cm³/mol. The van der Waals surface area contributed by atoms with Gasteiger partial charge in [0, 0.05) is 27.6 Å². The third-order valence-corrected chi connectivity index (χ3v) is 3.44. The largest absolute Gasteiger partial charge is 0.361 e. The molecular formula is C13H18BrClN2. The molecule has 4 heteroatoms. The molecular weight excluding hydrogens is 300 g/mol. The lowest BCUT2D eigenvalue weighted by Gasteiger charge is -2.26. The van der Waals surface area contributed by atoms with Gasteiger partial charge in [-0.15, -0.1) is 12.4 Å². The molecule has 94 valence electrons. The fraction of sp³-hybridized carbons (Fsp3) is 0.385. The van der Waals surface area contributed by atoms with E-state index in [9.17, 15) is 0 Å². The van der Waals surface area contributed by atoms with E-state index in [-0.39, 0.29) is 23.9 Å². The minimum atomic E-state index is 0. The molecule has 2 rings (SSSR count). The van der Waals surface area contributed by atoms with Crippen molar-refractivity contribution in [2.45, 2.75) is 26.8 Å². The fourth-order valence-electron chi connectivity index (χ4n) is 1.84. The van der Waals surface area contributed by atoms with Crippen molar-refractivity contribution in [2.75, 3.05) is 0 Å². The first-order valence-corrected chi connectivity index (χ1v) is 6.21. The first-order valence-electron chi connectivity index (χ1n) is 5.42. The number of nitrogens with two attached hydrogens (primary N) is 1. The van der Waals surface area contributed by atoms with Crippen molar-refractivity contribution in [3.8, 4) is 0 Å². The monoisotopic (exact) mass is 316 g/mol. The maximum absolute atomic E-state index is 6.30. The van der Waals surface area contributed by atoms with Crippen LogP contribution in [0.5, 0.6) is 0 Å². The maximum atomic E-state index is 6.30. The smallest absolute Gasteiger partial charge is 0.0458 e. The number of aromatic amines is 1. The van der Waals surface area contributed by atoms with Gasteiger partial charge in [0.15, 0.2) is 0 Å². The van der Waals surface area contributed by atoms with Crippen LogP contribution in [0.1, 0.15) is 32.4 Å². The molecule has 0 saturated carbocycles. The SMILES string of the molecule is CC(C)(C)[C@H](N)c1c[nH]c2ccc(Br)cc12.Cl. The summed E-state index contributed by atoms with van der Waals surface area (Å²) < 4.78 is 1.09. The van der Waals surface area contributed by atoms with Gasteiger partial charge >= 0.3 is 0 Å². The van der Waals surface area contributed by atoms with E-state index in [0.717, 1.165) is 9.99 Å². The van der Waals surface area contributed by atoms with Crippen molar-refractivity contribution >= 4 is 39.2 Å². The molecule has 0 bridgehead atoms. The molecule has 1 aromatic carbocycles. The summed E-state index contributed by atoms with van der Waals surface area (Å²) in [6, 6.07) is 6.26. The van der Waals surface area contributed by atoms with Gasteiger partial charge in [-0.05, 0) is 29.2 Å². The number of halogens is 2. The molecule has 0 saturated heterocycles. The summed E-state index contributed by atoms with van der Waals surface area (Å²) in [5.41, 5.74) is 8.69. The van der Waals surface area contributed by atoms with Gasteiger partial charge in [-0.1, -0.05) is 36.7 Å². The number of hydrogen-bond donors (Lipinski definition) is 2. The van der Waals surface area contributed by atoms with Crippen LogP contribution < -0.4 is 5.73 Å². The average molecular weight is 318 g/mol. The molecule has 2 nitrogen and oxygen atoms in total.